The van der Waals surface area contributed by atoms with Gasteiger partial charge in [0.15, 0.2) is 0 Å². The third kappa shape index (κ3) is 1.79. The number of ether oxygens (including phenoxy) is 1. The number of aromatic nitrogens is 1. The lowest BCUT2D eigenvalue weighted by molar-refractivity contribution is 0.181. The van der Waals surface area contributed by atoms with Crippen LogP contribution in [0.15, 0.2) is 18.5 Å². The maximum Gasteiger partial charge on any atom is 0.0513 e. The lowest BCUT2D eigenvalue weighted by Gasteiger charge is -2.19. The van der Waals surface area contributed by atoms with Crippen LogP contribution in [0.1, 0.15) is 23.6 Å². The average molecular weight is 192 g/mol. The van der Waals surface area contributed by atoms with Gasteiger partial charge in [-0.3, -0.25) is 4.98 Å². The molecule has 3 nitrogen and oxygen atoms in total. The van der Waals surface area contributed by atoms with E-state index in [0.29, 0.717) is 5.92 Å². The lowest BCUT2D eigenvalue weighted by Crippen LogP contribution is -2.22. The van der Waals surface area contributed by atoms with E-state index in [0.717, 1.165) is 25.2 Å². The molecule has 0 spiro atoms. The minimum Gasteiger partial charge on any atom is -0.381 e. The van der Waals surface area contributed by atoms with Gasteiger partial charge in [-0.1, -0.05) is 0 Å². The maximum atomic E-state index is 6.18. The Morgan fingerprint density at radius 1 is 1.64 bits per heavy atom. The Morgan fingerprint density at radius 2 is 2.50 bits per heavy atom. The molecular formula is C11H16N2O. The molecule has 76 valence electrons. The average Bonchev–Trinajstić information content (AvgIpc) is 2.70. The van der Waals surface area contributed by atoms with Gasteiger partial charge < -0.3 is 10.5 Å². The first-order chi connectivity index (χ1) is 6.79. The van der Waals surface area contributed by atoms with Crippen molar-refractivity contribution in [2.45, 2.75) is 19.4 Å². The first kappa shape index (κ1) is 9.62. The standard InChI is InChI=1S/C11H16N2O/c1-8-2-4-13-6-10(8)11(12)9-3-5-14-7-9/h2,4,6,9,11H,3,5,7,12H2,1H3. The number of pyridine rings is 1. The summed E-state index contributed by atoms with van der Waals surface area (Å²) in [4.78, 5) is 4.12. The van der Waals surface area contributed by atoms with Gasteiger partial charge in [0.2, 0.25) is 0 Å². The third-order valence-electron chi connectivity index (χ3n) is 2.91. The van der Waals surface area contributed by atoms with Crippen LogP contribution in [0, 0.1) is 12.8 Å². The van der Waals surface area contributed by atoms with Crippen molar-refractivity contribution in [3.8, 4) is 0 Å². The fraction of sp³-hybridized carbons (Fsp3) is 0.545. The van der Waals surface area contributed by atoms with Crippen molar-refractivity contribution >= 4 is 0 Å². The molecule has 2 rings (SSSR count). The molecule has 14 heavy (non-hydrogen) atoms. The number of nitrogens with two attached hydrogens (primary N) is 1. The predicted molar refractivity (Wildman–Crippen MR) is 54.8 cm³/mol. The van der Waals surface area contributed by atoms with E-state index in [1.54, 1.807) is 6.20 Å². The second-order valence-corrected chi connectivity index (χ2v) is 3.88. The summed E-state index contributed by atoms with van der Waals surface area (Å²) in [6.07, 6.45) is 4.74. The minimum absolute atomic E-state index is 0.0752. The molecule has 3 heteroatoms. The molecule has 0 amide bonds. The van der Waals surface area contributed by atoms with Crippen LogP contribution in [0.25, 0.3) is 0 Å². The molecule has 0 aliphatic carbocycles. The molecule has 1 aromatic rings. The van der Waals surface area contributed by atoms with Crippen molar-refractivity contribution in [3.63, 3.8) is 0 Å². The number of aryl methyl sites for hydroxylation is 1. The van der Waals surface area contributed by atoms with Crippen LogP contribution in [-0.4, -0.2) is 18.2 Å². The summed E-state index contributed by atoms with van der Waals surface area (Å²) in [5.74, 6) is 0.456. The molecule has 1 aliphatic heterocycles. The maximum absolute atomic E-state index is 6.18. The van der Waals surface area contributed by atoms with Gasteiger partial charge in [-0.25, -0.2) is 0 Å². The first-order valence-electron chi connectivity index (χ1n) is 5.03. The Bertz CT molecular complexity index is 308. The SMILES string of the molecule is Cc1ccncc1C(N)C1CCOC1. The van der Waals surface area contributed by atoms with Crippen LogP contribution < -0.4 is 5.73 Å². The minimum atomic E-state index is 0.0752. The van der Waals surface area contributed by atoms with E-state index < -0.39 is 0 Å². The molecule has 0 radical (unpaired) electrons. The van der Waals surface area contributed by atoms with Crippen molar-refractivity contribution in [2.24, 2.45) is 11.7 Å². The van der Waals surface area contributed by atoms with Crippen LogP contribution >= 0.6 is 0 Å². The smallest absolute Gasteiger partial charge is 0.0513 e. The summed E-state index contributed by atoms with van der Waals surface area (Å²) in [6.45, 7) is 3.71. The van der Waals surface area contributed by atoms with Crippen molar-refractivity contribution in [2.75, 3.05) is 13.2 Å². The second kappa shape index (κ2) is 4.07. The van der Waals surface area contributed by atoms with Gasteiger partial charge in [0.05, 0.1) is 6.61 Å². The summed E-state index contributed by atoms with van der Waals surface area (Å²) in [5, 5.41) is 0. The normalized spacial score (nSPS) is 23.7. The molecule has 1 aliphatic rings. The van der Waals surface area contributed by atoms with E-state index in [-0.39, 0.29) is 6.04 Å². The summed E-state index contributed by atoms with van der Waals surface area (Å²) in [6, 6.07) is 2.08. The summed E-state index contributed by atoms with van der Waals surface area (Å²) >= 11 is 0. The molecule has 1 saturated heterocycles. The molecule has 1 aromatic heterocycles. The van der Waals surface area contributed by atoms with Gasteiger partial charge in [-0.15, -0.1) is 0 Å². The zero-order valence-corrected chi connectivity index (χ0v) is 8.44. The van der Waals surface area contributed by atoms with Crippen LogP contribution in [0.5, 0.6) is 0 Å². The number of hydrogen-bond acceptors (Lipinski definition) is 3. The van der Waals surface area contributed by atoms with E-state index in [1.165, 1.54) is 5.56 Å². The van der Waals surface area contributed by atoms with Crippen LogP contribution in [0.3, 0.4) is 0 Å². The molecule has 2 unspecified atom stereocenters. The molecule has 2 atom stereocenters. The van der Waals surface area contributed by atoms with Gasteiger partial charge in [0.25, 0.3) is 0 Å². The summed E-state index contributed by atoms with van der Waals surface area (Å²) in [5.41, 5.74) is 8.56. The van der Waals surface area contributed by atoms with Crippen LogP contribution in [-0.2, 0) is 4.74 Å². The molecule has 2 heterocycles. The van der Waals surface area contributed by atoms with Gasteiger partial charge in [-0.2, -0.15) is 0 Å². The predicted octanol–water partition coefficient (Wildman–Crippen LogP) is 1.43. The largest absolute Gasteiger partial charge is 0.381 e. The monoisotopic (exact) mass is 192 g/mol. The third-order valence-corrected chi connectivity index (χ3v) is 2.91. The van der Waals surface area contributed by atoms with Gasteiger partial charge in [0, 0.05) is 31.0 Å². The summed E-state index contributed by atoms with van der Waals surface area (Å²) < 4.78 is 5.34. The van der Waals surface area contributed by atoms with Crippen molar-refractivity contribution in [1.29, 1.82) is 0 Å². The number of rotatable bonds is 2. The fourth-order valence-electron chi connectivity index (χ4n) is 1.92. The van der Waals surface area contributed by atoms with Gasteiger partial charge in [0.1, 0.15) is 0 Å². The Labute approximate surface area is 84.3 Å². The van der Waals surface area contributed by atoms with Crippen molar-refractivity contribution < 1.29 is 4.74 Å². The quantitative estimate of drug-likeness (QED) is 0.771. The zero-order valence-electron chi connectivity index (χ0n) is 8.44. The Balaban J connectivity index is 2.17. The Morgan fingerprint density at radius 3 is 3.14 bits per heavy atom. The fourth-order valence-corrected chi connectivity index (χ4v) is 1.92. The molecule has 2 N–H and O–H groups in total. The highest BCUT2D eigenvalue weighted by atomic mass is 16.5. The van der Waals surface area contributed by atoms with Gasteiger partial charge >= 0.3 is 0 Å². The molecule has 0 bridgehead atoms. The molecule has 0 aromatic carbocycles. The number of nitrogens with zero attached hydrogens (tertiary/aromatic N) is 1. The highest BCUT2D eigenvalue weighted by Gasteiger charge is 2.24. The second-order valence-electron chi connectivity index (χ2n) is 3.88. The van der Waals surface area contributed by atoms with E-state index >= 15 is 0 Å². The molecular weight excluding hydrogens is 176 g/mol. The van der Waals surface area contributed by atoms with Gasteiger partial charge in [-0.05, 0) is 30.5 Å². The highest BCUT2D eigenvalue weighted by Crippen LogP contribution is 2.27. The van der Waals surface area contributed by atoms with E-state index in [2.05, 4.69) is 11.9 Å². The van der Waals surface area contributed by atoms with E-state index in [4.69, 9.17) is 10.5 Å². The Hall–Kier alpha value is -0.930. The molecule has 1 fully saturated rings. The van der Waals surface area contributed by atoms with Crippen molar-refractivity contribution in [1.82, 2.24) is 4.98 Å². The molecule has 0 saturated carbocycles. The summed E-state index contributed by atoms with van der Waals surface area (Å²) in [7, 11) is 0. The van der Waals surface area contributed by atoms with Crippen LogP contribution in [0.4, 0.5) is 0 Å². The van der Waals surface area contributed by atoms with Crippen LogP contribution in [0.2, 0.25) is 0 Å². The number of hydrogen-bond donors (Lipinski definition) is 1. The van der Waals surface area contributed by atoms with Crippen molar-refractivity contribution in [3.05, 3.63) is 29.6 Å². The highest BCUT2D eigenvalue weighted by molar-refractivity contribution is 5.25. The first-order valence-corrected chi connectivity index (χ1v) is 5.03. The lowest BCUT2D eigenvalue weighted by atomic mass is 9.92. The zero-order chi connectivity index (χ0) is 9.97. The Kier molecular flexibility index (Phi) is 2.79. The topological polar surface area (TPSA) is 48.1 Å². The van der Waals surface area contributed by atoms with E-state index in [1.807, 2.05) is 12.3 Å². The van der Waals surface area contributed by atoms with E-state index in [9.17, 15) is 0 Å².